The van der Waals surface area contributed by atoms with E-state index in [9.17, 15) is 0 Å². The van der Waals surface area contributed by atoms with Crippen molar-refractivity contribution in [2.24, 2.45) is 7.05 Å². The molecule has 1 aromatic rings. The molecule has 3 N–H and O–H groups in total. The van der Waals surface area contributed by atoms with Gasteiger partial charge in [0.25, 0.3) is 0 Å². The van der Waals surface area contributed by atoms with Crippen molar-refractivity contribution >= 4 is 5.82 Å². The molecule has 0 saturated carbocycles. The van der Waals surface area contributed by atoms with Crippen molar-refractivity contribution in [2.45, 2.75) is 6.61 Å². The van der Waals surface area contributed by atoms with Crippen LogP contribution < -0.4 is 5.73 Å². The zero-order valence-corrected chi connectivity index (χ0v) is 5.20. The average Bonchev–Trinajstić information content (AvgIpc) is 2.13. The van der Waals surface area contributed by atoms with Crippen LogP contribution >= 0.6 is 0 Å². The highest BCUT2D eigenvalue weighted by atomic mass is 16.3. The minimum Gasteiger partial charge on any atom is -0.390 e. The summed E-state index contributed by atoms with van der Waals surface area (Å²) in [5, 5.41) is 12.4. The van der Waals surface area contributed by atoms with Gasteiger partial charge in [-0.15, -0.1) is 0 Å². The second-order valence-electron chi connectivity index (χ2n) is 1.84. The van der Waals surface area contributed by atoms with Gasteiger partial charge in [0, 0.05) is 13.1 Å². The van der Waals surface area contributed by atoms with Crippen LogP contribution in [-0.2, 0) is 13.7 Å². The van der Waals surface area contributed by atoms with Gasteiger partial charge >= 0.3 is 0 Å². The summed E-state index contributed by atoms with van der Waals surface area (Å²) in [6.45, 7) is -0.0506. The van der Waals surface area contributed by atoms with Crippen LogP contribution in [0.2, 0.25) is 0 Å². The lowest BCUT2D eigenvalue weighted by molar-refractivity contribution is 0.275. The summed E-state index contributed by atoms with van der Waals surface area (Å²) in [6.07, 6.45) is 0. The molecule has 50 valence electrons. The van der Waals surface area contributed by atoms with E-state index in [1.165, 1.54) is 4.68 Å². The fraction of sp³-hybridized carbons (Fsp3) is 0.400. The predicted molar refractivity (Wildman–Crippen MR) is 33.5 cm³/mol. The molecule has 0 aliphatic carbocycles. The third-order valence-electron chi connectivity index (χ3n) is 1.13. The minimum atomic E-state index is -0.0506. The third-order valence-corrected chi connectivity index (χ3v) is 1.13. The van der Waals surface area contributed by atoms with Crippen molar-refractivity contribution in [3.8, 4) is 0 Å². The van der Waals surface area contributed by atoms with Gasteiger partial charge < -0.3 is 10.8 Å². The largest absolute Gasteiger partial charge is 0.390 e. The summed E-state index contributed by atoms with van der Waals surface area (Å²) in [5.74, 6) is 0.569. The second kappa shape index (κ2) is 2.06. The highest BCUT2D eigenvalue weighted by Crippen LogP contribution is 2.02. The minimum absolute atomic E-state index is 0.0506. The second-order valence-corrected chi connectivity index (χ2v) is 1.84. The van der Waals surface area contributed by atoms with E-state index < -0.39 is 0 Å². The fourth-order valence-corrected chi connectivity index (χ4v) is 0.621. The van der Waals surface area contributed by atoms with Gasteiger partial charge in [0.2, 0.25) is 0 Å². The Kier molecular flexibility index (Phi) is 1.40. The van der Waals surface area contributed by atoms with Crippen molar-refractivity contribution < 1.29 is 5.11 Å². The van der Waals surface area contributed by atoms with Crippen LogP contribution in [0.25, 0.3) is 0 Å². The maximum atomic E-state index is 8.54. The zero-order valence-electron chi connectivity index (χ0n) is 5.20. The SMILES string of the molecule is Cn1nc(CO)cc1N. The lowest BCUT2D eigenvalue weighted by Crippen LogP contribution is -1.96. The Hall–Kier alpha value is -1.03. The van der Waals surface area contributed by atoms with Gasteiger partial charge in [0.15, 0.2) is 0 Å². The number of nitrogens with zero attached hydrogens (tertiary/aromatic N) is 2. The Morgan fingerprint density at radius 1 is 1.89 bits per heavy atom. The van der Waals surface area contributed by atoms with Gasteiger partial charge in [-0.25, -0.2) is 0 Å². The molecule has 0 aromatic carbocycles. The lowest BCUT2D eigenvalue weighted by atomic mass is 10.4. The smallest absolute Gasteiger partial charge is 0.121 e. The topological polar surface area (TPSA) is 64.1 Å². The quantitative estimate of drug-likeness (QED) is 0.534. The first kappa shape index (κ1) is 6.10. The number of aliphatic hydroxyl groups excluding tert-OH is 1. The Morgan fingerprint density at radius 3 is 2.78 bits per heavy atom. The molecule has 1 heterocycles. The molecule has 0 amide bonds. The van der Waals surface area contributed by atoms with Crippen LogP contribution in [0.1, 0.15) is 5.69 Å². The molecule has 0 bridgehead atoms. The highest BCUT2D eigenvalue weighted by molar-refractivity contribution is 5.29. The van der Waals surface area contributed by atoms with Gasteiger partial charge in [-0.05, 0) is 0 Å². The van der Waals surface area contributed by atoms with E-state index in [4.69, 9.17) is 10.8 Å². The van der Waals surface area contributed by atoms with Gasteiger partial charge in [-0.1, -0.05) is 0 Å². The number of nitrogens with two attached hydrogens (primary N) is 1. The van der Waals surface area contributed by atoms with Crippen molar-refractivity contribution in [3.63, 3.8) is 0 Å². The number of hydrogen-bond donors (Lipinski definition) is 2. The lowest BCUT2D eigenvalue weighted by Gasteiger charge is -1.88. The number of rotatable bonds is 1. The zero-order chi connectivity index (χ0) is 6.85. The molecule has 0 radical (unpaired) electrons. The number of nitrogen functional groups attached to an aromatic ring is 1. The summed E-state index contributed by atoms with van der Waals surface area (Å²) >= 11 is 0. The van der Waals surface area contributed by atoms with Gasteiger partial charge in [-0.3, -0.25) is 4.68 Å². The summed E-state index contributed by atoms with van der Waals surface area (Å²) in [7, 11) is 1.73. The van der Waals surface area contributed by atoms with Gasteiger partial charge in [0.1, 0.15) is 5.82 Å². The van der Waals surface area contributed by atoms with Crippen LogP contribution in [0.5, 0.6) is 0 Å². The summed E-state index contributed by atoms with van der Waals surface area (Å²) in [5.41, 5.74) is 6.01. The summed E-state index contributed by atoms with van der Waals surface area (Å²) < 4.78 is 1.52. The Morgan fingerprint density at radius 2 is 2.56 bits per heavy atom. The summed E-state index contributed by atoms with van der Waals surface area (Å²) in [4.78, 5) is 0. The molecule has 4 heteroatoms. The molecular formula is C5H9N3O. The fourth-order valence-electron chi connectivity index (χ4n) is 0.621. The molecule has 9 heavy (non-hydrogen) atoms. The monoisotopic (exact) mass is 127 g/mol. The first-order chi connectivity index (χ1) is 4.24. The standard InChI is InChI=1S/C5H9N3O/c1-8-5(6)2-4(3-9)7-8/h2,9H,3,6H2,1H3. The number of aryl methyl sites for hydroxylation is 1. The number of hydrogen-bond acceptors (Lipinski definition) is 3. The van der Waals surface area contributed by atoms with E-state index in [0.717, 1.165) is 0 Å². The molecule has 0 spiro atoms. The Labute approximate surface area is 52.9 Å². The maximum Gasteiger partial charge on any atom is 0.121 e. The molecule has 0 fully saturated rings. The molecule has 4 nitrogen and oxygen atoms in total. The van der Waals surface area contributed by atoms with E-state index in [2.05, 4.69) is 5.10 Å². The van der Waals surface area contributed by atoms with E-state index in [1.807, 2.05) is 0 Å². The van der Waals surface area contributed by atoms with Crippen molar-refractivity contribution in [1.29, 1.82) is 0 Å². The van der Waals surface area contributed by atoms with Crippen LogP contribution in [0.4, 0.5) is 5.82 Å². The molecule has 0 atom stereocenters. The molecule has 0 aliphatic rings. The van der Waals surface area contributed by atoms with E-state index in [1.54, 1.807) is 13.1 Å². The average molecular weight is 127 g/mol. The number of anilines is 1. The normalized spacial score (nSPS) is 10.0. The van der Waals surface area contributed by atoms with Crippen LogP contribution in [0.15, 0.2) is 6.07 Å². The first-order valence-electron chi connectivity index (χ1n) is 2.63. The van der Waals surface area contributed by atoms with E-state index >= 15 is 0 Å². The van der Waals surface area contributed by atoms with Crippen molar-refractivity contribution in [2.75, 3.05) is 5.73 Å². The summed E-state index contributed by atoms with van der Waals surface area (Å²) in [6, 6.07) is 1.64. The molecule has 1 rings (SSSR count). The van der Waals surface area contributed by atoms with Crippen LogP contribution in [0.3, 0.4) is 0 Å². The van der Waals surface area contributed by atoms with E-state index in [0.29, 0.717) is 11.5 Å². The van der Waals surface area contributed by atoms with Gasteiger partial charge in [0.05, 0.1) is 12.3 Å². The van der Waals surface area contributed by atoms with Crippen LogP contribution in [-0.4, -0.2) is 14.9 Å². The number of aromatic nitrogens is 2. The predicted octanol–water partition coefficient (Wildman–Crippen LogP) is -0.505. The molecule has 0 aliphatic heterocycles. The Balaban J connectivity index is 2.98. The first-order valence-corrected chi connectivity index (χ1v) is 2.63. The van der Waals surface area contributed by atoms with Crippen molar-refractivity contribution in [3.05, 3.63) is 11.8 Å². The molecule has 0 saturated heterocycles. The molecule has 1 aromatic heterocycles. The highest BCUT2D eigenvalue weighted by Gasteiger charge is 1.97. The van der Waals surface area contributed by atoms with Crippen LogP contribution in [0, 0.1) is 0 Å². The third kappa shape index (κ3) is 1.02. The van der Waals surface area contributed by atoms with Crippen molar-refractivity contribution in [1.82, 2.24) is 9.78 Å². The Bertz CT molecular complexity index is 186. The molecule has 0 unspecified atom stereocenters. The van der Waals surface area contributed by atoms with Gasteiger partial charge in [-0.2, -0.15) is 5.10 Å². The molecular weight excluding hydrogens is 118 g/mol. The van der Waals surface area contributed by atoms with E-state index in [-0.39, 0.29) is 6.61 Å². The maximum absolute atomic E-state index is 8.54. The number of aliphatic hydroxyl groups is 1.